The maximum atomic E-state index is 15.7. The Morgan fingerprint density at radius 3 is 2.49 bits per heavy atom. The number of carbonyl (C=O) groups excluding carboxylic acids is 1. The van der Waals surface area contributed by atoms with E-state index < -0.39 is 36.2 Å². The highest BCUT2D eigenvalue weighted by molar-refractivity contribution is 7.22. The maximum absolute atomic E-state index is 15.7. The van der Waals surface area contributed by atoms with Gasteiger partial charge in [0.2, 0.25) is 5.95 Å². The SMILES string of the molecule is CCNC(=O)Nc1nc2c(F)c(-c3cnc(N[C@@H](CC(=O)O)C(=O)O)nc3)cc(-c3ccccn3)c2s1. The third-order valence-corrected chi connectivity index (χ3v) is 6.05. The Hall–Kier alpha value is -4.72. The number of hydrogen-bond donors (Lipinski definition) is 5. The first-order chi connectivity index (χ1) is 17.8. The number of thiazole rings is 1. The standard InChI is InChI=1S/C23H20FN7O5S/c1-2-25-22(36)31-23-30-18-17(24)12(7-13(19(18)37-23)14-5-3-4-6-26-14)11-9-27-21(28-10-11)29-15(20(34)35)8-16(32)33/h3-7,9-10,15H,2,8H2,1H3,(H,32,33)(H,34,35)(H,27,28,29)(H2,25,30,31,36)/t15-/m0/s1. The predicted molar refractivity (Wildman–Crippen MR) is 134 cm³/mol. The number of benzene rings is 1. The fourth-order valence-electron chi connectivity index (χ4n) is 3.40. The average Bonchev–Trinajstić information content (AvgIpc) is 3.29. The molecule has 0 saturated carbocycles. The molecule has 37 heavy (non-hydrogen) atoms. The minimum absolute atomic E-state index is 0.0181. The zero-order chi connectivity index (χ0) is 26.5. The summed E-state index contributed by atoms with van der Waals surface area (Å²) in [6.45, 7) is 2.17. The number of aliphatic carboxylic acids is 2. The van der Waals surface area contributed by atoms with E-state index in [4.69, 9.17) is 5.11 Å². The minimum atomic E-state index is -1.45. The van der Waals surface area contributed by atoms with Gasteiger partial charge in [-0.25, -0.2) is 28.9 Å². The van der Waals surface area contributed by atoms with Crippen molar-refractivity contribution in [3.8, 4) is 22.4 Å². The number of pyridine rings is 1. The lowest BCUT2D eigenvalue weighted by Crippen LogP contribution is -2.32. The molecule has 5 N–H and O–H groups in total. The zero-order valence-electron chi connectivity index (χ0n) is 19.2. The van der Waals surface area contributed by atoms with E-state index in [1.54, 1.807) is 37.4 Å². The predicted octanol–water partition coefficient (Wildman–Crippen LogP) is 3.44. The molecule has 0 fully saturated rings. The van der Waals surface area contributed by atoms with E-state index in [-0.39, 0.29) is 27.7 Å². The Morgan fingerprint density at radius 2 is 1.86 bits per heavy atom. The number of fused-ring (bicyclic) bond motifs is 1. The quantitative estimate of drug-likeness (QED) is 0.217. The van der Waals surface area contributed by atoms with Crippen LogP contribution in [0.1, 0.15) is 13.3 Å². The summed E-state index contributed by atoms with van der Waals surface area (Å²) in [4.78, 5) is 50.9. The van der Waals surface area contributed by atoms with Crippen molar-refractivity contribution >= 4 is 50.6 Å². The highest BCUT2D eigenvalue weighted by Crippen LogP contribution is 2.40. The molecule has 3 aromatic heterocycles. The molecule has 1 aromatic carbocycles. The Bertz CT molecular complexity index is 1460. The van der Waals surface area contributed by atoms with Gasteiger partial charge in [-0.2, -0.15) is 0 Å². The lowest BCUT2D eigenvalue weighted by Gasteiger charge is -2.13. The summed E-state index contributed by atoms with van der Waals surface area (Å²) in [5.74, 6) is -3.50. The highest BCUT2D eigenvalue weighted by atomic mass is 32.1. The molecule has 0 aliphatic heterocycles. The topological polar surface area (TPSA) is 179 Å². The van der Waals surface area contributed by atoms with Gasteiger partial charge in [-0.05, 0) is 25.1 Å². The summed E-state index contributed by atoms with van der Waals surface area (Å²) < 4.78 is 16.2. The van der Waals surface area contributed by atoms with Crippen LogP contribution >= 0.6 is 11.3 Å². The number of hydrogen-bond acceptors (Lipinski definition) is 9. The minimum Gasteiger partial charge on any atom is -0.481 e. The summed E-state index contributed by atoms with van der Waals surface area (Å²) >= 11 is 1.10. The van der Waals surface area contributed by atoms with Crippen molar-refractivity contribution in [3.63, 3.8) is 0 Å². The largest absolute Gasteiger partial charge is 0.481 e. The molecule has 0 saturated heterocycles. The van der Waals surface area contributed by atoms with Crippen molar-refractivity contribution in [1.29, 1.82) is 0 Å². The molecule has 0 radical (unpaired) electrons. The van der Waals surface area contributed by atoms with Crippen molar-refractivity contribution in [2.75, 3.05) is 17.2 Å². The molecule has 1 atom stereocenters. The first-order valence-corrected chi connectivity index (χ1v) is 11.7. The normalized spacial score (nSPS) is 11.6. The Labute approximate surface area is 212 Å². The molecular weight excluding hydrogens is 505 g/mol. The van der Waals surface area contributed by atoms with Gasteiger partial charge >= 0.3 is 18.0 Å². The van der Waals surface area contributed by atoms with Gasteiger partial charge in [0.1, 0.15) is 11.6 Å². The fraction of sp³-hybridized carbons (Fsp3) is 0.174. The molecule has 4 aromatic rings. The first-order valence-electron chi connectivity index (χ1n) is 10.9. The van der Waals surface area contributed by atoms with Crippen molar-refractivity contribution in [3.05, 3.63) is 48.7 Å². The van der Waals surface area contributed by atoms with Crippen molar-refractivity contribution < 1.29 is 29.0 Å². The molecule has 12 nitrogen and oxygen atoms in total. The summed E-state index contributed by atoms with van der Waals surface area (Å²) in [5, 5.41) is 25.9. The summed E-state index contributed by atoms with van der Waals surface area (Å²) in [6.07, 6.45) is 3.47. The molecule has 2 amide bonds. The van der Waals surface area contributed by atoms with Crippen LogP contribution in [-0.4, -0.2) is 60.7 Å². The van der Waals surface area contributed by atoms with Crippen LogP contribution in [0.4, 0.5) is 20.3 Å². The second-order valence-electron chi connectivity index (χ2n) is 7.61. The molecule has 0 unspecified atom stereocenters. The van der Waals surface area contributed by atoms with Crippen LogP contribution in [-0.2, 0) is 9.59 Å². The van der Waals surface area contributed by atoms with Crippen molar-refractivity contribution in [2.24, 2.45) is 0 Å². The Morgan fingerprint density at radius 1 is 1.11 bits per heavy atom. The number of carboxylic acid groups (broad SMARTS) is 2. The fourth-order valence-corrected chi connectivity index (χ4v) is 4.38. The molecule has 0 spiro atoms. The molecule has 4 rings (SSSR count). The van der Waals surface area contributed by atoms with Crippen molar-refractivity contribution in [1.82, 2.24) is 25.3 Å². The molecule has 0 aliphatic rings. The van der Waals surface area contributed by atoms with Gasteiger partial charge in [-0.15, -0.1) is 0 Å². The van der Waals surface area contributed by atoms with E-state index >= 15 is 4.39 Å². The summed E-state index contributed by atoms with van der Waals surface area (Å²) in [5.41, 5.74) is 1.51. The van der Waals surface area contributed by atoms with Gasteiger partial charge in [0.15, 0.2) is 10.9 Å². The number of amides is 2. The van der Waals surface area contributed by atoms with E-state index in [2.05, 4.69) is 35.9 Å². The number of halogens is 1. The molecule has 190 valence electrons. The molecule has 14 heteroatoms. The second kappa shape index (κ2) is 10.9. The van der Waals surface area contributed by atoms with Gasteiger partial charge in [0, 0.05) is 41.8 Å². The monoisotopic (exact) mass is 525 g/mol. The smallest absolute Gasteiger partial charge is 0.326 e. The third kappa shape index (κ3) is 5.75. The van der Waals surface area contributed by atoms with Crippen LogP contribution in [0.25, 0.3) is 32.6 Å². The zero-order valence-corrected chi connectivity index (χ0v) is 20.0. The lowest BCUT2D eigenvalue weighted by atomic mass is 10.0. The van der Waals surface area contributed by atoms with Gasteiger partial charge in [-0.3, -0.25) is 15.1 Å². The van der Waals surface area contributed by atoms with Crippen LogP contribution in [0, 0.1) is 5.82 Å². The third-order valence-electron chi connectivity index (χ3n) is 5.05. The van der Waals surface area contributed by atoms with Gasteiger partial charge < -0.3 is 20.8 Å². The van der Waals surface area contributed by atoms with Crippen molar-refractivity contribution in [2.45, 2.75) is 19.4 Å². The van der Waals surface area contributed by atoms with Crippen LogP contribution in [0.5, 0.6) is 0 Å². The Balaban J connectivity index is 1.75. The van der Waals surface area contributed by atoms with Gasteiger partial charge in [0.25, 0.3) is 0 Å². The average molecular weight is 526 g/mol. The lowest BCUT2D eigenvalue weighted by molar-refractivity contribution is -0.144. The van der Waals surface area contributed by atoms with Crippen LogP contribution < -0.4 is 16.0 Å². The van der Waals surface area contributed by atoms with Crippen LogP contribution in [0.15, 0.2) is 42.9 Å². The molecule has 3 heterocycles. The number of urea groups is 1. The number of rotatable bonds is 9. The number of aromatic nitrogens is 4. The van der Waals surface area contributed by atoms with Gasteiger partial charge in [-0.1, -0.05) is 17.4 Å². The van der Waals surface area contributed by atoms with E-state index in [1.807, 2.05) is 0 Å². The number of carbonyl (C=O) groups is 3. The molecule has 0 bridgehead atoms. The van der Waals surface area contributed by atoms with E-state index in [0.717, 1.165) is 11.3 Å². The molecular formula is C23H20FN7O5S. The van der Waals surface area contributed by atoms with E-state index in [9.17, 15) is 19.5 Å². The summed E-state index contributed by atoms with van der Waals surface area (Å²) in [7, 11) is 0. The van der Waals surface area contributed by atoms with Crippen LogP contribution in [0.3, 0.4) is 0 Å². The molecule has 0 aliphatic carbocycles. The van der Waals surface area contributed by atoms with Crippen LogP contribution in [0.2, 0.25) is 0 Å². The number of nitrogens with one attached hydrogen (secondary N) is 3. The van der Waals surface area contributed by atoms with E-state index in [1.165, 1.54) is 12.4 Å². The first kappa shape index (κ1) is 25.4. The number of carboxylic acids is 2. The Kier molecular flexibility index (Phi) is 7.48. The van der Waals surface area contributed by atoms with E-state index in [0.29, 0.717) is 22.5 Å². The number of nitrogens with zero attached hydrogens (tertiary/aromatic N) is 4. The number of anilines is 2. The second-order valence-corrected chi connectivity index (χ2v) is 8.61. The highest BCUT2D eigenvalue weighted by Gasteiger charge is 2.23. The van der Waals surface area contributed by atoms with Gasteiger partial charge in [0.05, 0.1) is 16.8 Å². The summed E-state index contributed by atoms with van der Waals surface area (Å²) in [6, 6.07) is 4.94. The maximum Gasteiger partial charge on any atom is 0.326 e.